The summed E-state index contributed by atoms with van der Waals surface area (Å²) in [5, 5.41) is 21.4. The highest BCUT2D eigenvalue weighted by Crippen LogP contribution is 2.42. The molecule has 10 nitrogen and oxygen atoms in total. The van der Waals surface area contributed by atoms with Crippen molar-refractivity contribution < 1.29 is 69.2 Å². The lowest BCUT2D eigenvalue weighted by molar-refractivity contribution is -0.193. The number of carboxylic acids is 3. The van der Waals surface area contributed by atoms with E-state index >= 15 is 0 Å². The summed E-state index contributed by atoms with van der Waals surface area (Å²) in [7, 11) is 2.30. The molecule has 0 radical (unpaired) electrons. The third-order valence-corrected chi connectivity index (χ3v) is 7.36. The van der Waals surface area contributed by atoms with E-state index in [4.69, 9.17) is 34.7 Å². The molecule has 19 heteroatoms. The molecule has 2 fully saturated rings. The van der Waals surface area contributed by atoms with Gasteiger partial charge in [0.1, 0.15) is 5.82 Å². The Morgan fingerprint density at radius 2 is 1.22 bits per heavy atom. The normalized spacial score (nSPS) is 18.0. The van der Waals surface area contributed by atoms with Crippen LogP contribution in [0.25, 0.3) is 11.3 Å². The molecule has 1 saturated carbocycles. The number of rotatable bonds is 3. The predicted octanol–water partition coefficient (Wildman–Crippen LogP) is 5.10. The zero-order chi connectivity index (χ0) is 35.1. The van der Waals surface area contributed by atoms with Gasteiger partial charge in [0.15, 0.2) is 0 Å². The summed E-state index contributed by atoms with van der Waals surface area (Å²) in [6.45, 7) is 5.92. The maximum Gasteiger partial charge on any atom is 0.490 e. The molecule has 46 heavy (non-hydrogen) atoms. The maximum absolute atomic E-state index is 10.6. The standard InChI is InChI=1S/C21H28N4.3C2HF3O2/c1-23-13-14-25-19(18-5-3-2-4-6-18)15-22-20(25)21(23)9-11-24(12-10-21)16-17-7-8-17;3*3-2(4,5)1(6)7/h2-6,15,17H,7-14,16H2,1H3;3*(H,6,7). The molecule has 5 rings (SSSR count). The quantitative estimate of drug-likeness (QED) is 0.379. The molecule has 2 aliphatic heterocycles. The second-order valence-electron chi connectivity index (χ2n) is 10.6. The van der Waals surface area contributed by atoms with Crippen LogP contribution in [-0.4, -0.2) is 104 Å². The Bertz CT molecular complexity index is 1260. The number of benzene rings is 1. The van der Waals surface area contributed by atoms with Crippen LogP contribution in [0.3, 0.4) is 0 Å². The summed E-state index contributed by atoms with van der Waals surface area (Å²) in [5.74, 6) is -5.98. The molecule has 0 unspecified atom stereocenters. The minimum atomic E-state index is -5.08. The first-order valence-electron chi connectivity index (χ1n) is 13.5. The van der Waals surface area contributed by atoms with Crippen LogP contribution in [0.1, 0.15) is 31.5 Å². The van der Waals surface area contributed by atoms with Gasteiger partial charge in [-0.15, -0.1) is 0 Å². The van der Waals surface area contributed by atoms with Gasteiger partial charge in [-0.25, -0.2) is 19.4 Å². The fourth-order valence-corrected chi connectivity index (χ4v) is 4.82. The van der Waals surface area contributed by atoms with E-state index in [-0.39, 0.29) is 5.54 Å². The van der Waals surface area contributed by atoms with Crippen LogP contribution >= 0.6 is 0 Å². The van der Waals surface area contributed by atoms with Crippen molar-refractivity contribution in [3.8, 4) is 11.3 Å². The monoisotopic (exact) mass is 678 g/mol. The van der Waals surface area contributed by atoms with Crippen molar-refractivity contribution in [1.29, 1.82) is 0 Å². The van der Waals surface area contributed by atoms with Gasteiger partial charge in [-0.2, -0.15) is 39.5 Å². The van der Waals surface area contributed by atoms with Crippen LogP contribution in [0.4, 0.5) is 39.5 Å². The van der Waals surface area contributed by atoms with E-state index in [1.54, 1.807) is 0 Å². The summed E-state index contributed by atoms with van der Waals surface area (Å²) in [6, 6.07) is 10.7. The summed E-state index contributed by atoms with van der Waals surface area (Å²) in [6.07, 6.45) is -7.83. The summed E-state index contributed by atoms with van der Waals surface area (Å²) in [5.41, 5.74) is 2.70. The average Bonchev–Trinajstić information content (AvgIpc) is 3.66. The number of carboxylic acid groups (broad SMARTS) is 3. The number of hydrogen-bond donors (Lipinski definition) is 3. The van der Waals surface area contributed by atoms with E-state index in [1.165, 1.54) is 62.4 Å². The largest absolute Gasteiger partial charge is 0.490 e. The summed E-state index contributed by atoms with van der Waals surface area (Å²) < 4.78 is 97.7. The molecule has 3 heterocycles. The zero-order valence-electron chi connectivity index (χ0n) is 24.2. The number of aromatic nitrogens is 2. The summed E-state index contributed by atoms with van der Waals surface area (Å²) in [4.78, 5) is 36.9. The minimum Gasteiger partial charge on any atom is -0.475 e. The molecule has 0 atom stereocenters. The second-order valence-corrected chi connectivity index (χ2v) is 10.6. The molecule has 258 valence electrons. The number of likely N-dealkylation sites (tertiary alicyclic amines) is 1. The number of carbonyl (C=O) groups is 3. The van der Waals surface area contributed by atoms with Crippen molar-refractivity contribution in [2.24, 2.45) is 5.92 Å². The van der Waals surface area contributed by atoms with Gasteiger partial charge < -0.3 is 24.8 Å². The van der Waals surface area contributed by atoms with Crippen molar-refractivity contribution in [3.63, 3.8) is 0 Å². The first-order valence-corrected chi connectivity index (χ1v) is 13.5. The first-order chi connectivity index (χ1) is 21.1. The van der Waals surface area contributed by atoms with Crippen LogP contribution in [0.5, 0.6) is 0 Å². The number of hydrogen-bond acceptors (Lipinski definition) is 6. The highest BCUT2D eigenvalue weighted by Gasteiger charge is 2.46. The molecule has 2 aromatic rings. The lowest BCUT2D eigenvalue weighted by Crippen LogP contribution is -2.56. The van der Waals surface area contributed by atoms with Crippen molar-refractivity contribution >= 4 is 17.9 Å². The molecule has 3 aliphatic rings. The molecular formula is C27H31F9N4O6. The Morgan fingerprint density at radius 3 is 1.61 bits per heavy atom. The lowest BCUT2D eigenvalue weighted by atomic mass is 9.83. The summed E-state index contributed by atoms with van der Waals surface area (Å²) >= 11 is 0. The highest BCUT2D eigenvalue weighted by molar-refractivity contribution is 5.73. The molecule has 1 aromatic carbocycles. The fourth-order valence-electron chi connectivity index (χ4n) is 4.82. The van der Waals surface area contributed by atoms with Gasteiger partial charge in [-0.05, 0) is 44.2 Å². The maximum atomic E-state index is 10.6. The Morgan fingerprint density at radius 1 is 0.783 bits per heavy atom. The van der Waals surface area contributed by atoms with E-state index in [1.807, 2.05) is 0 Å². The smallest absolute Gasteiger partial charge is 0.475 e. The fraction of sp³-hybridized carbons (Fsp3) is 0.556. The first kappa shape index (κ1) is 38.3. The zero-order valence-corrected chi connectivity index (χ0v) is 24.2. The number of fused-ring (bicyclic) bond motifs is 2. The molecule has 1 aromatic heterocycles. The minimum absolute atomic E-state index is 0.130. The average molecular weight is 679 g/mol. The van der Waals surface area contributed by atoms with E-state index in [0.717, 1.165) is 19.0 Å². The van der Waals surface area contributed by atoms with E-state index < -0.39 is 36.4 Å². The number of aliphatic carboxylic acids is 3. The van der Waals surface area contributed by atoms with Gasteiger partial charge in [0, 0.05) is 32.7 Å². The highest BCUT2D eigenvalue weighted by atomic mass is 19.4. The topological polar surface area (TPSA) is 136 Å². The molecule has 3 N–H and O–H groups in total. The van der Waals surface area contributed by atoms with Crippen LogP contribution in [0.15, 0.2) is 36.5 Å². The van der Waals surface area contributed by atoms with Crippen LogP contribution in [0, 0.1) is 5.92 Å². The van der Waals surface area contributed by atoms with Crippen LogP contribution in [0.2, 0.25) is 0 Å². The van der Waals surface area contributed by atoms with Crippen LogP contribution in [-0.2, 0) is 26.5 Å². The Hall–Kier alpha value is -3.87. The number of imidazole rings is 1. The van der Waals surface area contributed by atoms with Gasteiger partial charge in [-0.1, -0.05) is 30.3 Å². The Balaban J connectivity index is 0.000000289. The SMILES string of the molecule is CN1CCn2c(-c3ccccc3)cnc2C12CCN(CC1CC1)CC2.O=C(O)C(F)(F)F.O=C(O)C(F)(F)F.O=C(O)C(F)(F)F. The second kappa shape index (κ2) is 15.1. The van der Waals surface area contributed by atoms with Gasteiger partial charge in [-0.3, -0.25) is 4.90 Å². The van der Waals surface area contributed by atoms with E-state index in [0.29, 0.717) is 0 Å². The van der Waals surface area contributed by atoms with Gasteiger partial charge in [0.2, 0.25) is 0 Å². The van der Waals surface area contributed by atoms with Gasteiger partial charge in [0.05, 0.1) is 17.4 Å². The van der Waals surface area contributed by atoms with Gasteiger partial charge in [0.25, 0.3) is 0 Å². The molecule has 1 aliphatic carbocycles. The van der Waals surface area contributed by atoms with E-state index in [9.17, 15) is 39.5 Å². The number of piperidine rings is 1. The molecule has 0 amide bonds. The number of halogens is 9. The third kappa shape index (κ3) is 10.9. The Labute approximate surface area is 256 Å². The third-order valence-electron chi connectivity index (χ3n) is 7.36. The number of likely N-dealkylation sites (N-methyl/N-ethyl adjacent to an activating group) is 1. The lowest BCUT2D eigenvalue weighted by Gasteiger charge is -2.49. The van der Waals surface area contributed by atoms with Gasteiger partial charge >= 0.3 is 36.4 Å². The molecular weight excluding hydrogens is 647 g/mol. The van der Waals surface area contributed by atoms with Crippen LogP contribution < -0.4 is 0 Å². The van der Waals surface area contributed by atoms with Crippen molar-refractivity contribution in [3.05, 3.63) is 42.4 Å². The molecule has 1 saturated heterocycles. The van der Waals surface area contributed by atoms with Crippen molar-refractivity contribution in [1.82, 2.24) is 19.4 Å². The number of alkyl halides is 9. The molecule has 1 spiro atoms. The van der Waals surface area contributed by atoms with E-state index in [2.05, 4.69) is 57.9 Å². The van der Waals surface area contributed by atoms with Crippen molar-refractivity contribution in [2.45, 2.75) is 56.3 Å². The predicted molar refractivity (Wildman–Crippen MR) is 141 cm³/mol. The molecule has 0 bridgehead atoms. The number of nitrogens with zero attached hydrogens (tertiary/aromatic N) is 4. The van der Waals surface area contributed by atoms with Crippen molar-refractivity contribution in [2.75, 3.05) is 33.2 Å². The Kier molecular flexibility index (Phi) is 12.6.